The van der Waals surface area contributed by atoms with Crippen LogP contribution in [0.5, 0.6) is 0 Å². The van der Waals surface area contributed by atoms with Crippen molar-refractivity contribution in [3.63, 3.8) is 0 Å². The smallest absolute Gasteiger partial charge is 0.308 e. The van der Waals surface area contributed by atoms with Gasteiger partial charge in [0.15, 0.2) is 0 Å². The predicted octanol–water partition coefficient (Wildman–Crippen LogP) is 3.25. The molecule has 0 aliphatic heterocycles. The second kappa shape index (κ2) is 6.27. The van der Waals surface area contributed by atoms with Crippen LogP contribution in [0.4, 0.5) is 0 Å². The Morgan fingerprint density at radius 1 is 1.21 bits per heavy atom. The lowest BCUT2D eigenvalue weighted by atomic mass is 9.97. The van der Waals surface area contributed by atoms with E-state index in [9.17, 15) is 14.7 Å². The maximum Gasteiger partial charge on any atom is 0.308 e. The molecule has 3 rings (SSSR count). The lowest BCUT2D eigenvalue weighted by Gasteiger charge is -2.14. The van der Waals surface area contributed by atoms with Crippen LogP contribution in [0.15, 0.2) is 42.5 Å². The monoisotopic (exact) mass is 325 g/mol. The van der Waals surface area contributed by atoms with Crippen molar-refractivity contribution in [2.75, 3.05) is 6.54 Å². The topological polar surface area (TPSA) is 66.4 Å². The Morgan fingerprint density at radius 3 is 2.50 bits per heavy atom. The first-order valence-corrected chi connectivity index (χ1v) is 8.35. The number of carbonyl (C=O) groups is 2. The summed E-state index contributed by atoms with van der Waals surface area (Å²) in [6.07, 6.45) is 1.29. The molecule has 4 heteroatoms. The molecular weight excluding hydrogens is 302 g/mol. The number of carboxylic acid groups (broad SMARTS) is 1. The minimum atomic E-state index is -0.876. The van der Waals surface area contributed by atoms with Crippen molar-refractivity contribution in [2.24, 2.45) is 17.3 Å². The number of nitrogens with one attached hydrogen (secondary N) is 1. The molecule has 1 aliphatic rings. The summed E-state index contributed by atoms with van der Waals surface area (Å²) >= 11 is 0. The fourth-order valence-electron chi connectivity index (χ4n) is 3.16. The Labute approximate surface area is 141 Å². The maximum absolute atomic E-state index is 12.1. The molecule has 0 radical (unpaired) electrons. The summed E-state index contributed by atoms with van der Waals surface area (Å²) in [6.45, 7) is 4.29. The lowest BCUT2D eigenvalue weighted by Crippen LogP contribution is -2.35. The lowest BCUT2D eigenvalue weighted by molar-refractivity contribution is -0.141. The van der Waals surface area contributed by atoms with E-state index in [-0.39, 0.29) is 23.8 Å². The van der Waals surface area contributed by atoms with Gasteiger partial charge in [-0.2, -0.15) is 0 Å². The van der Waals surface area contributed by atoms with Gasteiger partial charge >= 0.3 is 5.97 Å². The van der Waals surface area contributed by atoms with E-state index in [1.165, 1.54) is 0 Å². The largest absolute Gasteiger partial charge is 0.481 e. The van der Waals surface area contributed by atoms with Crippen molar-refractivity contribution in [3.8, 4) is 0 Å². The van der Waals surface area contributed by atoms with Gasteiger partial charge < -0.3 is 10.4 Å². The molecule has 2 aromatic carbocycles. The number of rotatable bonds is 6. The normalized spacial score (nSPS) is 19.7. The van der Waals surface area contributed by atoms with Crippen molar-refractivity contribution in [1.29, 1.82) is 0 Å². The van der Waals surface area contributed by atoms with E-state index >= 15 is 0 Å². The predicted molar refractivity (Wildman–Crippen MR) is 93.7 cm³/mol. The summed E-state index contributed by atoms with van der Waals surface area (Å²) < 4.78 is 0. The zero-order valence-corrected chi connectivity index (χ0v) is 14.1. The molecule has 1 saturated carbocycles. The number of carboxylic acids is 1. The van der Waals surface area contributed by atoms with Crippen LogP contribution in [0, 0.1) is 17.3 Å². The summed E-state index contributed by atoms with van der Waals surface area (Å²) in [4.78, 5) is 23.6. The highest BCUT2D eigenvalue weighted by Gasteiger charge is 2.50. The van der Waals surface area contributed by atoms with E-state index in [1.54, 1.807) is 0 Å². The molecule has 0 bridgehead atoms. The Kier molecular flexibility index (Phi) is 4.31. The number of benzene rings is 2. The molecule has 0 aromatic heterocycles. The standard InChI is InChI=1S/C20H23NO3/c1-20(2)11-17(20)18(22)21-12-16(19(23)24)10-13-7-8-14-5-3-4-6-15(14)9-13/h3-9,16-17H,10-12H2,1-2H3,(H,21,22)(H,23,24). The third-order valence-corrected chi connectivity index (χ3v) is 5.00. The van der Waals surface area contributed by atoms with Crippen LogP contribution in [0.2, 0.25) is 0 Å². The van der Waals surface area contributed by atoms with E-state index in [4.69, 9.17) is 0 Å². The van der Waals surface area contributed by atoms with Gasteiger partial charge in [0.1, 0.15) is 0 Å². The van der Waals surface area contributed by atoms with Crippen molar-refractivity contribution in [2.45, 2.75) is 26.7 Å². The average molecular weight is 325 g/mol. The van der Waals surface area contributed by atoms with Gasteiger partial charge in [-0.3, -0.25) is 9.59 Å². The average Bonchev–Trinajstić information content (AvgIpc) is 3.19. The molecule has 24 heavy (non-hydrogen) atoms. The Balaban J connectivity index is 1.64. The van der Waals surface area contributed by atoms with Gasteiger partial charge in [0.2, 0.25) is 5.91 Å². The fourth-order valence-corrected chi connectivity index (χ4v) is 3.16. The van der Waals surface area contributed by atoms with Crippen LogP contribution in [-0.4, -0.2) is 23.5 Å². The fraction of sp³-hybridized carbons (Fsp3) is 0.400. The van der Waals surface area contributed by atoms with Crippen molar-refractivity contribution in [3.05, 3.63) is 48.0 Å². The molecule has 1 amide bonds. The number of fused-ring (bicyclic) bond motifs is 1. The molecule has 1 fully saturated rings. The highest BCUT2D eigenvalue weighted by Crippen LogP contribution is 2.51. The molecule has 0 spiro atoms. The van der Waals surface area contributed by atoms with Crippen molar-refractivity contribution >= 4 is 22.6 Å². The molecule has 126 valence electrons. The maximum atomic E-state index is 12.1. The number of amides is 1. The summed E-state index contributed by atoms with van der Waals surface area (Å²) in [5.41, 5.74) is 1.03. The van der Waals surface area contributed by atoms with Crippen LogP contribution in [0.1, 0.15) is 25.8 Å². The van der Waals surface area contributed by atoms with Gasteiger partial charge in [0.05, 0.1) is 5.92 Å². The Morgan fingerprint density at radius 2 is 1.88 bits per heavy atom. The van der Waals surface area contributed by atoms with Crippen LogP contribution in [0.3, 0.4) is 0 Å². The van der Waals surface area contributed by atoms with Gasteiger partial charge in [-0.05, 0) is 34.6 Å². The first-order chi connectivity index (χ1) is 11.4. The third-order valence-electron chi connectivity index (χ3n) is 5.00. The Hall–Kier alpha value is -2.36. The second-order valence-corrected chi connectivity index (χ2v) is 7.41. The summed E-state index contributed by atoms with van der Waals surface area (Å²) in [5, 5.41) is 14.5. The zero-order chi connectivity index (χ0) is 17.3. The van der Waals surface area contributed by atoms with E-state index in [0.29, 0.717) is 6.42 Å². The molecule has 2 atom stereocenters. The van der Waals surface area contributed by atoms with Gasteiger partial charge in [0, 0.05) is 12.5 Å². The molecule has 2 unspecified atom stereocenters. The van der Waals surface area contributed by atoms with E-state index in [1.807, 2.05) is 42.5 Å². The Bertz CT molecular complexity index is 781. The van der Waals surface area contributed by atoms with E-state index < -0.39 is 11.9 Å². The van der Waals surface area contributed by atoms with Gasteiger partial charge in [-0.15, -0.1) is 0 Å². The van der Waals surface area contributed by atoms with Crippen LogP contribution in [-0.2, 0) is 16.0 Å². The van der Waals surface area contributed by atoms with Crippen LogP contribution in [0.25, 0.3) is 10.8 Å². The molecule has 2 aromatic rings. The summed E-state index contributed by atoms with van der Waals surface area (Å²) in [7, 11) is 0. The number of hydrogen-bond acceptors (Lipinski definition) is 2. The second-order valence-electron chi connectivity index (χ2n) is 7.41. The summed E-state index contributed by atoms with van der Waals surface area (Å²) in [5.74, 6) is -1.49. The quantitative estimate of drug-likeness (QED) is 0.857. The molecule has 4 nitrogen and oxygen atoms in total. The van der Waals surface area contributed by atoms with Gasteiger partial charge in [-0.1, -0.05) is 56.3 Å². The SMILES string of the molecule is CC1(C)CC1C(=O)NCC(Cc1ccc2ccccc2c1)C(=O)O. The van der Waals surface area contributed by atoms with Gasteiger partial charge in [-0.25, -0.2) is 0 Å². The van der Waals surface area contributed by atoms with E-state index in [0.717, 1.165) is 22.8 Å². The zero-order valence-electron chi connectivity index (χ0n) is 14.1. The minimum Gasteiger partial charge on any atom is -0.481 e. The molecule has 0 heterocycles. The first kappa shape index (κ1) is 16.5. The molecule has 0 saturated heterocycles. The minimum absolute atomic E-state index is 0.0209. The van der Waals surface area contributed by atoms with Crippen LogP contribution < -0.4 is 5.32 Å². The van der Waals surface area contributed by atoms with E-state index in [2.05, 4.69) is 19.2 Å². The number of aliphatic carboxylic acids is 1. The summed E-state index contributed by atoms with van der Waals surface area (Å²) in [6, 6.07) is 14.0. The van der Waals surface area contributed by atoms with Crippen molar-refractivity contribution in [1.82, 2.24) is 5.32 Å². The number of carbonyl (C=O) groups excluding carboxylic acids is 1. The first-order valence-electron chi connectivity index (χ1n) is 8.35. The molecule has 1 aliphatic carbocycles. The van der Waals surface area contributed by atoms with Crippen molar-refractivity contribution < 1.29 is 14.7 Å². The highest BCUT2D eigenvalue weighted by atomic mass is 16.4. The third kappa shape index (κ3) is 3.58. The molecular formula is C20H23NO3. The molecule has 2 N–H and O–H groups in total. The van der Waals surface area contributed by atoms with Crippen LogP contribution >= 0.6 is 0 Å². The highest BCUT2D eigenvalue weighted by molar-refractivity contribution is 5.84. The van der Waals surface area contributed by atoms with Gasteiger partial charge in [0.25, 0.3) is 0 Å². The number of hydrogen-bond donors (Lipinski definition) is 2.